The van der Waals surface area contributed by atoms with Crippen molar-refractivity contribution in [3.05, 3.63) is 0 Å². The SMILES string of the molecule is CCN(CCC1CC1)CC1(C)CCNC1.Cl. The predicted octanol–water partition coefficient (Wildman–Crippen LogP) is 2.53. The molecule has 2 aliphatic rings. The summed E-state index contributed by atoms with van der Waals surface area (Å²) >= 11 is 0. The quantitative estimate of drug-likeness (QED) is 0.775. The molecule has 1 saturated carbocycles. The zero-order valence-electron chi connectivity index (χ0n) is 10.8. The maximum Gasteiger partial charge on any atom is 0.00478 e. The molecule has 2 nitrogen and oxygen atoms in total. The Morgan fingerprint density at radius 3 is 2.62 bits per heavy atom. The van der Waals surface area contributed by atoms with Crippen molar-refractivity contribution in [3.8, 4) is 0 Å². The molecule has 1 heterocycles. The van der Waals surface area contributed by atoms with Gasteiger partial charge in [-0.05, 0) is 43.8 Å². The van der Waals surface area contributed by atoms with Crippen molar-refractivity contribution in [2.45, 2.75) is 39.5 Å². The lowest BCUT2D eigenvalue weighted by atomic mass is 9.89. The Kier molecular flexibility index (Phi) is 5.55. The van der Waals surface area contributed by atoms with Gasteiger partial charge in [0, 0.05) is 13.1 Å². The maximum atomic E-state index is 3.49. The van der Waals surface area contributed by atoms with Gasteiger partial charge < -0.3 is 10.2 Å². The fourth-order valence-electron chi connectivity index (χ4n) is 2.66. The third kappa shape index (κ3) is 4.23. The molecule has 1 unspecified atom stereocenters. The number of rotatable bonds is 6. The molecule has 1 saturated heterocycles. The van der Waals surface area contributed by atoms with Gasteiger partial charge in [0.15, 0.2) is 0 Å². The monoisotopic (exact) mass is 246 g/mol. The maximum absolute atomic E-state index is 3.49. The molecule has 1 N–H and O–H groups in total. The number of nitrogens with zero attached hydrogens (tertiary/aromatic N) is 1. The first-order chi connectivity index (χ1) is 7.22. The van der Waals surface area contributed by atoms with E-state index >= 15 is 0 Å². The van der Waals surface area contributed by atoms with Gasteiger partial charge in [0.2, 0.25) is 0 Å². The van der Waals surface area contributed by atoms with E-state index < -0.39 is 0 Å². The largest absolute Gasteiger partial charge is 0.316 e. The molecule has 0 aromatic heterocycles. The molecule has 2 rings (SSSR count). The Labute approximate surface area is 107 Å². The van der Waals surface area contributed by atoms with Gasteiger partial charge in [-0.25, -0.2) is 0 Å². The van der Waals surface area contributed by atoms with Crippen molar-refractivity contribution < 1.29 is 0 Å². The van der Waals surface area contributed by atoms with Crippen molar-refractivity contribution in [2.75, 3.05) is 32.7 Å². The molecule has 0 aromatic rings. The van der Waals surface area contributed by atoms with Crippen LogP contribution in [0.15, 0.2) is 0 Å². The lowest BCUT2D eigenvalue weighted by Crippen LogP contribution is -2.38. The molecule has 3 heteroatoms. The molecule has 0 amide bonds. The molecule has 0 bridgehead atoms. The lowest BCUT2D eigenvalue weighted by molar-refractivity contribution is 0.180. The Bertz CT molecular complexity index is 198. The zero-order valence-corrected chi connectivity index (χ0v) is 11.6. The second kappa shape index (κ2) is 6.23. The Balaban J connectivity index is 0.00000128. The molecule has 16 heavy (non-hydrogen) atoms. The summed E-state index contributed by atoms with van der Waals surface area (Å²) in [6.07, 6.45) is 5.79. The fourth-order valence-corrected chi connectivity index (χ4v) is 2.66. The second-order valence-corrected chi connectivity index (χ2v) is 5.84. The molecule has 0 radical (unpaired) electrons. The average Bonchev–Trinajstić information content (AvgIpc) is 2.96. The summed E-state index contributed by atoms with van der Waals surface area (Å²) in [5.74, 6) is 1.08. The van der Waals surface area contributed by atoms with E-state index in [4.69, 9.17) is 0 Å². The highest BCUT2D eigenvalue weighted by Crippen LogP contribution is 2.33. The molecular weight excluding hydrogens is 220 g/mol. The van der Waals surface area contributed by atoms with Crippen LogP contribution in [0.5, 0.6) is 0 Å². The van der Waals surface area contributed by atoms with E-state index in [0.29, 0.717) is 5.41 Å². The highest BCUT2D eigenvalue weighted by Gasteiger charge is 2.30. The summed E-state index contributed by atoms with van der Waals surface area (Å²) in [5.41, 5.74) is 0.541. The van der Waals surface area contributed by atoms with Gasteiger partial charge in [-0.1, -0.05) is 26.7 Å². The van der Waals surface area contributed by atoms with Crippen LogP contribution in [0.1, 0.15) is 39.5 Å². The van der Waals surface area contributed by atoms with Gasteiger partial charge in [0.05, 0.1) is 0 Å². The minimum atomic E-state index is 0. The molecule has 0 aromatic carbocycles. The Morgan fingerprint density at radius 1 is 1.38 bits per heavy atom. The summed E-state index contributed by atoms with van der Waals surface area (Å²) in [6.45, 7) is 11.0. The highest BCUT2D eigenvalue weighted by atomic mass is 35.5. The molecule has 1 atom stereocenters. The van der Waals surface area contributed by atoms with Crippen molar-refractivity contribution in [1.82, 2.24) is 10.2 Å². The number of hydrogen-bond donors (Lipinski definition) is 1. The Hall–Kier alpha value is 0.210. The van der Waals surface area contributed by atoms with Crippen LogP contribution >= 0.6 is 12.4 Å². The molecule has 0 spiro atoms. The minimum Gasteiger partial charge on any atom is -0.316 e. The topological polar surface area (TPSA) is 15.3 Å². The van der Waals surface area contributed by atoms with E-state index in [-0.39, 0.29) is 12.4 Å². The van der Waals surface area contributed by atoms with E-state index in [1.807, 2.05) is 0 Å². The lowest BCUT2D eigenvalue weighted by Gasteiger charge is -2.31. The highest BCUT2D eigenvalue weighted by molar-refractivity contribution is 5.85. The van der Waals surface area contributed by atoms with Crippen molar-refractivity contribution in [2.24, 2.45) is 11.3 Å². The first kappa shape index (κ1) is 14.3. The molecule has 96 valence electrons. The van der Waals surface area contributed by atoms with Crippen LogP contribution < -0.4 is 5.32 Å². The molecule has 1 aliphatic heterocycles. The van der Waals surface area contributed by atoms with Crippen LogP contribution in [0.25, 0.3) is 0 Å². The Morgan fingerprint density at radius 2 is 2.12 bits per heavy atom. The third-order valence-corrected chi connectivity index (χ3v) is 4.06. The second-order valence-electron chi connectivity index (χ2n) is 5.84. The molecule has 1 aliphatic carbocycles. The van der Waals surface area contributed by atoms with E-state index in [1.165, 1.54) is 58.4 Å². The van der Waals surface area contributed by atoms with Gasteiger partial charge in [0.25, 0.3) is 0 Å². The normalized spacial score (nSPS) is 29.4. The number of halogens is 1. The minimum absolute atomic E-state index is 0. The number of nitrogens with one attached hydrogen (secondary N) is 1. The van der Waals surface area contributed by atoms with Crippen LogP contribution in [-0.2, 0) is 0 Å². The van der Waals surface area contributed by atoms with Crippen molar-refractivity contribution in [1.29, 1.82) is 0 Å². The summed E-state index contributed by atoms with van der Waals surface area (Å²) < 4.78 is 0. The molecule has 2 fully saturated rings. The van der Waals surface area contributed by atoms with Gasteiger partial charge in [-0.3, -0.25) is 0 Å². The van der Waals surface area contributed by atoms with Gasteiger partial charge in [-0.15, -0.1) is 12.4 Å². The number of hydrogen-bond acceptors (Lipinski definition) is 2. The van der Waals surface area contributed by atoms with Crippen LogP contribution in [0.4, 0.5) is 0 Å². The van der Waals surface area contributed by atoms with Crippen LogP contribution in [-0.4, -0.2) is 37.6 Å². The third-order valence-electron chi connectivity index (χ3n) is 4.06. The summed E-state index contributed by atoms with van der Waals surface area (Å²) in [5, 5.41) is 3.49. The van der Waals surface area contributed by atoms with Crippen molar-refractivity contribution >= 4 is 12.4 Å². The summed E-state index contributed by atoms with van der Waals surface area (Å²) in [4.78, 5) is 2.66. The van der Waals surface area contributed by atoms with Gasteiger partial charge in [-0.2, -0.15) is 0 Å². The van der Waals surface area contributed by atoms with Crippen molar-refractivity contribution in [3.63, 3.8) is 0 Å². The fraction of sp³-hybridized carbons (Fsp3) is 1.00. The molecular formula is C13H27ClN2. The predicted molar refractivity (Wildman–Crippen MR) is 72.3 cm³/mol. The van der Waals surface area contributed by atoms with E-state index in [0.717, 1.165) is 5.92 Å². The van der Waals surface area contributed by atoms with E-state index in [1.54, 1.807) is 0 Å². The average molecular weight is 247 g/mol. The van der Waals surface area contributed by atoms with E-state index in [9.17, 15) is 0 Å². The van der Waals surface area contributed by atoms with Crippen LogP contribution in [0.3, 0.4) is 0 Å². The standard InChI is InChI=1S/C13H26N2.ClH/c1-3-15(9-6-12-4-5-12)11-13(2)7-8-14-10-13;/h12,14H,3-11H2,1-2H3;1H. The zero-order chi connectivity index (χ0) is 10.7. The van der Waals surface area contributed by atoms with Crippen LogP contribution in [0, 0.1) is 11.3 Å². The first-order valence-corrected chi connectivity index (χ1v) is 6.65. The van der Waals surface area contributed by atoms with Gasteiger partial charge >= 0.3 is 0 Å². The summed E-state index contributed by atoms with van der Waals surface area (Å²) in [6, 6.07) is 0. The van der Waals surface area contributed by atoms with Crippen LogP contribution in [0.2, 0.25) is 0 Å². The summed E-state index contributed by atoms with van der Waals surface area (Å²) in [7, 11) is 0. The first-order valence-electron chi connectivity index (χ1n) is 6.65. The van der Waals surface area contributed by atoms with Gasteiger partial charge in [0.1, 0.15) is 0 Å². The van der Waals surface area contributed by atoms with E-state index in [2.05, 4.69) is 24.1 Å². The smallest absolute Gasteiger partial charge is 0.00478 e.